The largest absolute Gasteiger partial charge is 0.407 e. The molecule has 0 fully saturated rings. The maximum absolute atomic E-state index is 10.1. The molecule has 0 saturated heterocycles. The van der Waals surface area contributed by atoms with Crippen LogP contribution in [-0.4, -0.2) is 26.1 Å². The van der Waals surface area contributed by atoms with Crippen molar-refractivity contribution in [2.45, 2.75) is 38.8 Å². The Kier molecular flexibility index (Phi) is 6.39. The van der Waals surface area contributed by atoms with Crippen molar-refractivity contribution < 1.29 is 9.53 Å². The first kappa shape index (κ1) is 19.6. The van der Waals surface area contributed by atoms with Gasteiger partial charge in [0.1, 0.15) is 0 Å². The van der Waals surface area contributed by atoms with Crippen LogP contribution in [0.3, 0.4) is 0 Å². The molecule has 0 amide bonds. The highest BCUT2D eigenvalue weighted by atomic mass is 28.4. The topological polar surface area (TPSA) is 29.5 Å². The molecule has 0 heterocycles. The molecule has 0 unspecified atom stereocenters. The summed E-state index contributed by atoms with van der Waals surface area (Å²) in [6.45, 7) is 13.0. The van der Waals surface area contributed by atoms with Gasteiger partial charge in [0.15, 0.2) is 0 Å². The maximum atomic E-state index is 10.1. The number of hydrogen-bond donors (Lipinski definition) is 1. The molecule has 0 saturated carbocycles. The van der Waals surface area contributed by atoms with Crippen molar-refractivity contribution >= 4 is 18.7 Å². The summed E-state index contributed by atoms with van der Waals surface area (Å²) < 4.78 is 6.78. The normalized spacial score (nSPS) is 14.8. The predicted molar refractivity (Wildman–Crippen MR) is 109 cm³/mol. The van der Waals surface area contributed by atoms with Gasteiger partial charge in [-0.25, -0.2) is 0 Å². The molecule has 0 spiro atoms. The molecule has 2 aromatic rings. The van der Waals surface area contributed by atoms with Crippen molar-refractivity contribution in [3.05, 3.63) is 73.3 Å². The van der Waals surface area contributed by atoms with Gasteiger partial charge in [0.25, 0.3) is 8.32 Å². The van der Waals surface area contributed by atoms with Gasteiger partial charge in [-0.2, -0.15) is 0 Å². The van der Waals surface area contributed by atoms with Crippen LogP contribution in [0.5, 0.6) is 0 Å². The highest BCUT2D eigenvalue weighted by Gasteiger charge is 2.50. The zero-order valence-corrected chi connectivity index (χ0v) is 16.8. The van der Waals surface area contributed by atoms with Gasteiger partial charge in [0.05, 0.1) is 6.10 Å². The lowest BCUT2D eigenvalue weighted by Crippen LogP contribution is -2.67. The lowest BCUT2D eigenvalue weighted by Gasteiger charge is -2.43. The Morgan fingerprint density at radius 3 is 1.80 bits per heavy atom. The van der Waals surface area contributed by atoms with Gasteiger partial charge >= 0.3 is 0 Å². The van der Waals surface area contributed by atoms with Crippen molar-refractivity contribution in [3.63, 3.8) is 0 Å². The highest BCUT2D eigenvalue weighted by molar-refractivity contribution is 6.99. The molecule has 25 heavy (non-hydrogen) atoms. The van der Waals surface area contributed by atoms with Crippen LogP contribution in [0, 0.1) is 5.92 Å². The zero-order valence-electron chi connectivity index (χ0n) is 15.8. The molecule has 2 aromatic carbocycles. The molecule has 2 atom stereocenters. The second kappa shape index (κ2) is 8.13. The van der Waals surface area contributed by atoms with E-state index in [1.807, 2.05) is 19.1 Å². The first-order chi connectivity index (χ1) is 11.8. The fraction of sp³-hybridized carbons (Fsp3) is 0.364. The summed E-state index contributed by atoms with van der Waals surface area (Å²) in [7, 11) is -2.52. The first-order valence-corrected chi connectivity index (χ1v) is 10.8. The monoisotopic (exact) mass is 354 g/mol. The molecule has 2 nitrogen and oxygen atoms in total. The summed E-state index contributed by atoms with van der Waals surface area (Å²) in [5, 5.41) is 12.6. The van der Waals surface area contributed by atoms with E-state index in [1.165, 1.54) is 10.4 Å². The third-order valence-electron chi connectivity index (χ3n) is 4.80. The Labute approximate surface area is 153 Å². The summed E-state index contributed by atoms with van der Waals surface area (Å²) in [4.78, 5) is 0. The van der Waals surface area contributed by atoms with Crippen molar-refractivity contribution in [2.24, 2.45) is 5.92 Å². The molecule has 0 aliphatic rings. The second-order valence-corrected chi connectivity index (χ2v) is 12.0. The molecule has 0 bridgehead atoms. The zero-order chi connectivity index (χ0) is 18.5. The van der Waals surface area contributed by atoms with Crippen LogP contribution in [0.25, 0.3) is 0 Å². The minimum atomic E-state index is -2.52. The fourth-order valence-electron chi connectivity index (χ4n) is 3.35. The molecule has 0 aromatic heterocycles. The predicted octanol–water partition coefficient (Wildman–Crippen LogP) is 3.75. The SMILES string of the molecule is C=C[C@H](O)[C@@H](C)CO[Si](c1ccccc1)(c1ccccc1)C(C)(C)C. The van der Waals surface area contributed by atoms with E-state index in [4.69, 9.17) is 4.43 Å². The molecular formula is C22H30O2Si. The summed E-state index contributed by atoms with van der Waals surface area (Å²) in [6, 6.07) is 21.1. The van der Waals surface area contributed by atoms with Gasteiger partial charge in [0.2, 0.25) is 0 Å². The van der Waals surface area contributed by atoms with Gasteiger partial charge < -0.3 is 9.53 Å². The van der Waals surface area contributed by atoms with E-state index in [1.54, 1.807) is 6.08 Å². The van der Waals surface area contributed by atoms with Crippen molar-refractivity contribution in [2.75, 3.05) is 6.61 Å². The Bertz CT molecular complexity index is 622. The quantitative estimate of drug-likeness (QED) is 0.606. The van der Waals surface area contributed by atoms with Crippen molar-refractivity contribution in [3.8, 4) is 0 Å². The molecule has 0 aliphatic heterocycles. The fourth-order valence-corrected chi connectivity index (χ4v) is 8.02. The van der Waals surface area contributed by atoms with E-state index in [-0.39, 0.29) is 11.0 Å². The Balaban J connectivity index is 2.55. The van der Waals surface area contributed by atoms with Crippen LogP contribution >= 0.6 is 0 Å². The number of aliphatic hydroxyl groups excluding tert-OH is 1. The molecule has 3 heteroatoms. The number of aliphatic hydroxyl groups is 1. The maximum Gasteiger partial charge on any atom is 0.261 e. The number of rotatable bonds is 7. The lowest BCUT2D eigenvalue weighted by molar-refractivity contribution is 0.117. The van der Waals surface area contributed by atoms with E-state index in [0.717, 1.165) is 0 Å². The summed E-state index contributed by atoms with van der Waals surface area (Å²) in [5.74, 6) is -0.000788. The average molecular weight is 355 g/mol. The summed E-state index contributed by atoms with van der Waals surface area (Å²) in [6.07, 6.45) is 1.03. The third-order valence-corrected chi connectivity index (χ3v) is 9.81. The molecule has 1 N–H and O–H groups in total. The standard InChI is InChI=1S/C22H30O2Si/c1-6-21(23)18(2)17-24-25(22(3,4)5,19-13-9-7-10-14-19)20-15-11-8-12-16-20/h6-16,18,21,23H,1,17H2,2-5H3/t18-,21-/m0/s1. The van der Waals surface area contributed by atoms with Crippen molar-refractivity contribution in [1.82, 2.24) is 0 Å². The molecule has 0 radical (unpaired) electrons. The molecule has 134 valence electrons. The highest BCUT2D eigenvalue weighted by Crippen LogP contribution is 2.37. The van der Waals surface area contributed by atoms with Gasteiger partial charge in [0, 0.05) is 12.5 Å². The van der Waals surface area contributed by atoms with Crippen LogP contribution in [0.15, 0.2) is 73.3 Å². The van der Waals surface area contributed by atoms with E-state index < -0.39 is 14.4 Å². The minimum absolute atomic E-state index is 0.000788. The van der Waals surface area contributed by atoms with E-state index in [9.17, 15) is 5.11 Å². The smallest absolute Gasteiger partial charge is 0.261 e. The second-order valence-electron chi connectivity index (χ2n) is 7.68. The Morgan fingerprint density at radius 1 is 1.00 bits per heavy atom. The van der Waals surface area contributed by atoms with Crippen LogP contribution in [-0.2, 0) is 4.43 Å². The minimum Gasteiger partial charge on any atom is -0.407 e. The number of benzene rings is 2. The third kappa shape index (κ3) is 4.11. The van der Waals surface area contributed by atoms with Gasteiger partial charge in [-0.15, -0.1) is 6.58 Å². The Hall–Kier alpha value is -1.68. The first-order valence-electron chi connectivity index (χ1n) is 8.88. The van der Waals surface area contributed by atoms with Crippen LogP contribution in [0.2, 0.25) is 5.04 Å². The number of hydrogen-bond acceptors (Lipinski definition) is 2. The van der Waals surface area contributed by atoms with E-state index in [0.29, 0.717) is 6.61 Å². The average Bonchev–Trinajstić information content (AvgIpc) is 2.62. The lowest BCUT2D eigenvalue weighted by atomic mass is 10.1. The van der Waals surface area contributed by atoms with Crippen LogP contribution in [0.4, 0.5) is 0 Å². The van der Waals surface area contributed by atoms with Crippen LogP contribution in [0.1, 0.15) is 27.7 Å². The Morgan fingerprint density at radius 2 is 1.44 bits per heavy atom. The van der Waals surface area contributed by atoms with Gasteiger partial charge in [-0.05, 0) is 15.4 Å². The van der Waals surface area contributed by atoms with E-state index >= 15 is 0 Å². The molecular weight excluding hydrogens is 324 g/mol. The van der Waals surface area contributed by atoms with Crippen LogP contribution < -0.4 is 10.4 Å². The van der Waals surface area contributed by atoms with Crippen molar-refractivity contribution in [1.29, 1.82) is 0 Å². The van der Waals surface area contributed by atoms with E-state index in [2.05, 4.69) is 75.9 Å². The molecule has 2 rings (SSSR count). The molecule has 0 aliphatic carbocycles. The summed E-state index contributed by atoms with van der Waals surface area (Å²) in [5.41, 5.74) is 0. The van der Waals surface area contributed by atoms with Gasteiger partial charge in [-0.3, -0.25) is 0 Å². The van der Waals surface area contributed by atoms with Gasteiger partial charge in [-0.1, -0.05) is 94.4 Å². The summed E-state index contributed by atoms with van der Waals surface area (Å²) >= 11 is 0.